The second-order valence-electron chi connectivity index (χ2n) is 6.29. The molecule has 3 heterocycles. The number of nitrogens with one attached hydrogen (secondary N) is 2. The van der Waals surface area contributed by atoms with Crippen LogP contribution in [0.3, 0.4) is 0 Å². The van der Waals surface area contributed by atoms with Gasteiger partial charge in [0.25, 0.3) is 5.91 Å². The summed E-state index contributed by atoms with van der Waals surface area (Å²) in [7, 11) is 0. The molecule has 23 heavy (non-hydrogen) atoms. The number of aromatic nitrogens is 2. The van der Waals surface area contributed by atoms with Crippen LogP contribution < -0.4 is 16.4 Å². The van der Waals surface area contributed by atoms with E-state index in [1.165, 1.54) is 4.68 Å². The molecule has 0 bridgehead atoms. The molecule has 0 aliphatic carbocycles. The number of hydrogen-bond donors (Lipinski definition) is 3. The lowest BCUT2D eigenvalue weighted by Crippen LogP contribution is -2.28. The number of rotatable bonds is 1. The van der Waals surface area contributed by atoms with Gasteiger partial charge in [0.05, 0.1) is 11.6 Å². The smallest absolute Gasteiger partial charge is 0.256 e. The summed E-state index contributed by atoms with van der Waals surface area (Å²) >= 11 is 0. The molecule has 0 saturated carbocycles. The number of anilines is 2. The van der Waals surface area contributed by atoms with E-state index < -0.39 is 0 Å². The highest BCUT2D eigenvalue weighted by atomic mass is 16.2. The summed E-state index contributed by atoms with van der Waals surface area (Å²) in [4.78, 5) is 13.1. The van der Waals surface area contributed by atoms with Gasteiger partial charge in [-0.2, -0.15) is 9.78 Å². The number of benzene rings is 1. The summed E-state index contributed by atoms with van der Waals surface area (Å²) in [6.45, 7) is 4.41. The molecular formula is C17H21N5O. The Labute approximate surface area is 135 Å². The maximum atomic E-state index is 13.1. The monoisotopic (exact) mass is 311 g/mol. The van der Waals surface area contributed by atoms with E-state index in [2.05, 4.69) is 28.7 Å². The van der Waals surface area contributed by atoms with Gasteiger partial charge in [0.15, 0.2) is 0 Å². The van der Waals surface area contributed by atoms with Crippen LogP contribution in [0.25, 0.3) is 0 Å². The predicted molar refractivity (Wildman–Crippen MR) is 89.7 cm³/mol. The van der Waals surface area contributed by atoms with Gasteiger partial charge in [0.2, 0.25) is 0 Å². The Morgan fingerprint density at radius 1 is 1.39 bits per heavy atom. The van der Waals surface area contributed by atoms with Gasteiger partial charge in [-0.1, -0.05) is 18.2 Å². The molecule has 6 heteroatoms. The molecule has 4 N–H and O–H groups in total. The van der Waals surface area contributed by atoms with Crippen LogP contribution in [0.4, 0.5) is 11.5 Å². The van der Waals surface area contributed by atoms with Crippen molar-refractivity contribution in [3.05, 3.63) is 40.6 Å². The molecule has 0 fully saturated rings. The Morgan fingerprint density at radius 2 is 2.26 bits per heavy atom. The molecule has 0 saturated heterocycles. The molecule has 0 unspecified atom stereocenters. The zero-order valence-electron chi connectivity index (χ0n) is 13.2. The van der Waals surface area contributed by atoms with Crippen LogP contribution in [0.15, 0.2) is 18.2 Å². The van der Waals surface area contributed by atoms with Crippen LogP contribution in [0.2, 0.25) is 0 Å². The largest absolute Gasteiger partial charge is 0.385 e. The van der Waals surface area contributed by atoms with Crippen LogP contribution in [0, 0.1) is 6.92 Å². The first-order valence-electron chi connectivity index (χ1n) is 8.11. The summed E-state index contributed by atoms with van der Waals surface area (Å²) in [5.74, 6) is 0.298. The van der Waals surface area contributed by atoms with Gasteiger partial charge in [-0.3, -0.25) is 4.79 Å². The van der Waals surface area contributed by atoms with E-state index in [-0.39, 0.29) is 11.8 Å². The van der Waals surface area contributed by atoms with Gasteiger partial charge < -0.3 is 16.4 Å². The number of fused-ring (bicyclic) bond motifs is 2. The number of carbonyl (C=O) groups is 1. The molecule has 1 atom stereocenters. The van der Waals surface area contributed by atoms with Crippen LogP contribution in [-0.2, 0) is 13.0 Å². The number of hydrogen-bond acceptors (Lipinski definition) is 5. The number of nitrogens with two attached hydrogens (primary N) is 1. The van der Waals surface area contributed by atoms with Crippen molar-refractivity contribution < 1.29 is 4.79 Å². The lowest BCUT2D eigenvalue weighted by molar-refractivity contribution is 0.0859. The summed E-state index contributed by atoms with van der Waals surface area (Å²) in [6, 6.07) is 6.09. The summed E-state index contributed by atoms with van der Waals surface area (Å²) < 4.78 is 1.43. The topological polar surface area (TPSA) is 85.0 Å². The molecule has 0 radical (unpaired) electrons. The third kappa shape index (κ3) is 2.21. The van der Waals surface area contributed by atoms with Gasteiger partial charge in [-0.15, -0.1) is 0 Å². The van der Waals surface area contributed by atoms with E-state index in [4.69, 9.17) is 5.73 Å². The first kappa shape index (κ1) is 14.3. The molecule has 1 aromatic heterocycles. The molecule has 0 spiro atoms. The van der Waals surface area contributed by atoms with Crippen molar-refractivity contribution in [1.82, 2.24) is 15.1 Å². The standard InChI is InChI=1S/C17H21N5O/c1-10-3-2-4-11-12(6-8-20-15(10)11)17(23)22-16(18)13-5-7-19-9-14(13)21-22/h2-4,12,19-20H,5-9,18H2,1H3/t12-/m1/s1. The summed E-state index contributed by atoms with van der Waals surface area (Å²) in [6.07, 6.45) is 1.59. The minimum Gasteiger partial charge on any atom is -0.385 e. The number of carbonyl (C=O) groups excluding carboxylic acids is 1. The van der Waals surface area contributed by atoms with Gasteiger partial charge in [-0.25, -0.2) is 0 Å². The first-order valence-corrected chi connectivity index (χ1v) is 8.11. The molecule has 1 aromatic carbocycles. The second kappa shape index (κ2) is 5.38. The molecule has 4 rings (SSSR count). The Morgan fingerprint density at radius 3 is 3.09 bits per heavy atom. The van der Waals surface area contributed by atoms with E-state index in [0.29, 0.717) is 12.4 Å². The van der Waals surface area contributed by atoms with Crippen molar-refractivity contribution in [1.29, 1.82) is 0 Å². The van der Waals surface area contributed by atoms with Gasteiger partial charge >= 0.3 is 0 Å². The molecular weight excluding hydrogens is 290 g/mol. The number of nitrogen functional groups attached to an aromatic ring is 1. The quantitative estimate of drug-likeness (QED) is 0.746. The zero-order chi connectivity index (χ0) is 16.0. The number of aryl methyl sites for hydroxylation is 1. The van der Waals surface area contributed by atoms with Gasteiger partial charge in [-0.05, 0) is 37.4 Å². The van der Waals surface area contributed by atoms with Crippen LogP contribution >= 0.6 is 0 Å². The maximum Gasteiger partial charge on any atom is 0.256 e. The number of para-hydroxylation sites is 1. The number of nitrogens with zero attached hydrogens (tertiary/aromatic N) is 2. The highest BCUT2D eigenvalue weighted by Crippen LogP contribution is 2.35. The van der Waals surface area contributed by atoms with Gasteiger partial charge in [0.1, 0.15) is 5.82 Å². The maximum absolute atomic E-state index is 13.1. The average Bonchev–Trinajstić information content (AvgIpc) is 2.92. The fraction of sp³-hybridized carbons (Fsp3) is 0.412. The van der Waals surface area contributed by atoms with Crippen molar-refractivity contribution >= 4 is 17.4 Å². The summed E-state index contributed by atoms with van der Waals surface area (Å²) in [5.41, 5.74) is 11.4. The van der Waals surface area contributed by atoms with Crippen molar-refractivity contribution in [2.45, 2.75) is 32.2 Å². The minimum atomic E-state index is -0.192. The fourth-order valence-corrected chi connectivity index (χ4v) is 3.64. The van der Waals surface area contributed by atoms with Crippen molar-refractivity contribution in [2.24, 2.45) is 0 Å². The molecule has 0 amide bonds. The van der Waals surface area contributed by atoms with E-state index in [1.807, 2.05) is 12.1 Å². The normalized spacial score (nSPS) is 19.6. The Kier molecular flexibility index (Phi) is 3.34. The zero-order valence-corrected chi connectivity index (χ0v) is 13.2. The molecule has 2 aliphatic rings. The van der Waals surface area contributed by atoms with Crippen LogP contribution in [-0.4, -0.2) is 28.8 Å². The SMILES string of the molecule is Cc1cccc2c1NCC[C@H]2C(=O)n1nc2c(c1N)CCNC2. The first-order chi connectivity index (χ1) is 11.2. The van der Waals surface area contributed by atoms with E-state index in [9.17, 15) is 4.79 Å². The predicted octanol–water partition coefficient (Wildman–Crippen LogP) is 1.66. The van der Waals surface area contributed by atoms with E-state index in [1.54, 1.807) is 0 Å². The molecule has 120 valence electrons. The van der Waals surface area contributed by atoms with Crippen molar-refractivity contribution in [2.75, 3.05) is 24.1 Å². The van der Waals surface area contributed by atoms with E-state index >= 15 is 0 Å². The van der Waals surface area contributed by atoms with E-state index in [0.717, 1.165) is 54.0 Å². The Hall–Kier alpha value is -2.34. The van der Waals surface area contributed by atoms with Crippen molar-refractivity contribution in [3.63, 3.8) is 0 Å². The summed E-state index contributed by atoms with van der Waals surface area (Å²) in [5, 5.41) is 11.2. The van der Waals surface area contributed by atoms with Crippen LogP contribution in [0.1, 0.15) is 39.5 Å². The second-order valence-corrected chi connectivity index (χ2v) is 6.29. The third-order valence-electron chi connectivity index (χ3n) is 4.87. The van der Waals surface area contributed by atoms with Gasteiger partial charge in [0, 0.05) is 24.3 Å². The molecule has 2 aromatic rings. The lowest BCUT2D eigenvalue weighted by Gasteiger charge is -2.27. The lowest BCUT2D eigenvalue weighted by atomic mass is 9.88. The Bertz CT molecular complexity index is 780. The van der Waals surface area contributed by atoms with Crippen LogP contribution in [0.5, 0.6) is 0 Å². The fourth-order valence-electron chi connectivity index (χ4n) is 3.64. The highest BCUT2D eigenvalue weighted by Gasteiger charge is 2.31. The molecule has 2 aliphatic heterocycles. The third-order valence-corrected chi connectivity index (χ3v) is 4.87. The average molecular weight is 311 g/mol. The van der Waals surface area contributed by atoms with Crippen molar-refractivity contribution in [3.8, 4) is 0 Å². The minimum absolute atomic E-state index is 0.0229. The molecule has 6 nitrogen and oxygen atoms in total. The Balaban J connectivity index is 1.74. The highest BCUT2D eigenvalue weighted by molar-refractivity contribution is 5.90.